The van der Waals surface area contributed by atoms with Crippen molar-refractivity contribution in [1.82, 2.24) is 9.88 Å². The van der Waals surface area contributed by atoms with Crippen molar-refractivity contribution >= 4 is 11.3 Å². The number of likely N-dealkylation sites (tertiary alicyclic amines) is 1. The Labute approximate surface area is 114 Å². The maximum absolute atomic E-state index is 6.03. The highest BCUT2D eigenvalue weighted by molar-refractivity contribution is 7.09. The zero-order valence-electron chi connectivity index (χ0n) is 11.6. The monoisotopic (exact) mass is 267 g/mol. The third kappa shape index (κ3) is 3.77. The van der Waals surface area contributed by atoms with Gasteiger partial charge in [-0.25, -0.2) is 4.98 Å². The van der Waals surface area contributed by atoms with E-state index < -0.39 is 0 Å². The number of rotatable bonds is 5. The van der Waals surface area contributed by atoms with Crippen molar-refractivity contribution < 1.29 is 0 Å². The van der Waals surface area contributed by atoms with Gasteiger partial charge < -0.3 is 5.73 Å². The average Bonchev–Trinajstić information content (AvgIpc) is 2.77. The highest BCUT2D eigenvalue weighted by Gasteiger charge is 2.23. The standard InChI is InChI=1S/C14H25N3S/c1-3-5-14-16-13(10-18-14)9-17-7-4-6-12(8-17)11(2)15/h10-12H,3-9,15H2,1-2H3. The summed E-state index contributed by atoms with van der Waals surface area (Å²) in [6.45, 7) is 7.68. The number of piperidine rings is 1. The molecule has 1 aromatic heterocycles. The second kappa shape index (κ2) is 6.64. The van der Waals surface area contributed by atoms with Crippen molar-refractivity contribution in [3.8, 4) is 0 Å². The van der Waals surface area contributed by atoms with Gasteiger partial charge >= 0.3 is 0 Å². The van der Waals surface area contributed by atoms with E-state index in [1.165, 1.54) is 36.5 Å². The Morgan fingerprint density at radius 2 is 2.44 bits per heavy atom. The van der Waals surface area contributed by atoms with Crippen molar-refractivity contribution in [3.63, 3.8) is 0 Å². The maximum atomic E-state index is 6.03. The molecule has 18 heavy (non-hydrogen) atoms. The first-order chi connectivity index (χ1) is 8.69. The van der Waals surface area contributed by atoms with Gasteiger partial charge in [0.15, 0.2) is 0 Å². The normalized spacial score (nSPS) is 23.2. The molecule has 102 valence electrons. The molecule has 0 bridgehead atoms. The minimum absolute atomic E-state index is 0.318. The van der Waals surface area contributed by atoms with E-state index in [1.54, 1.807) is 0 Å². The molecule has 2 rings (SSSR count). The van der Waals surface area contributed by atoms with Crippen LogP contribution in [0, 0.1) is 5.92 Å². The van der Waals surface area contributed by atoms with E-state index in [1.807, 2.05) is 11.3 Å². The Kier molecular flexibility index (Phi) is 5.15. The zero-order chi connectivity index (χ0) is 13.0. The van der Waals surface area contributed by atoms with Crippen LogP contribution in [-0.4, -0.2) is 29.0 Å². The van der Waals surface area contributed by atoms with E-state index in [0.29, 0.717) is 12.0 Å². The first-order valence-electron chi connectivity index (χ1n) is 7.10. The number of nitrogens with zero attached hydrogens (tertiary/aromatic N) is 2. The molecule has 0 aromatic carbocycles. The molecule has 1 aliphatic heterocycles. The lowest BCUT2D eigenvalue weighted by molar-refractivity contribution is 0.153. The third-order valence-electron chi connectivity index (χ3n) is 3.73. The van der Waals surface area contributed by atoms with E-state index in [-0.39, 0.29) is 0 Å². The lowest BCUT2D eigenvalue weighted by atomic mass is 9.92. The van der Waals surface area contributed by atoms with Crippen LogP contribution in [0.1, 0.15) is 43.8 Å². The number of hydrogen-bond donors (Lipinski definition) is 1. The Morgan fingerprint density at radius 3 is 3.17 bits per heavy atom. The van der Waals surface area contributed by atoms with Crippen LogP contribution in [0.25, 0.3) is 0 Å². The van der Waals surface area contributed by atoms with Crippen LogP contribution in [0.2, 0.25) is 0 Å². The van der Waals surface area contributed by atoms with Crippen LogP contribution in [0.15, 0.2) is 5.38 Å². The molecular formula is C14H25N3S. The molecule has 1 aromatic rings. The largest absolute Gasteiger partial charge is 0.328 e. The predicted octanol–water partition coefficient (Wildman–Crippen LogP) is 2.65. The van der Waals surface area contributed by atoms with Gasteiger partial charge in [-0.3, -0.25) is 4.90 Å². The first-order valence-corrected chi connectivity index (χ1v) is 7.98. The highest BCUT2D eigenvalue weighted by Crippen LogP contribution is 2.21. The fourth-order valence-corrected chi connectivity index (χ4v) is 3.53. The van der Waals surface area contributed by atoms with Crippen LogP contribution in [-0.2, 0) is 13.0 Å². The number of aromatic nitrogens is 1. The summed E-state index contributed by atoms with van der Waals surface area (Å²) in [5, 5.41) is 3.51. The quantitative estimate of drug-likeness (QED) is 0.892. The smallest absolute Gasteiger partial charge is 0.0928 e. The van der Waals surface area contributed by atoms with E-state index in [0.717, 1.165) is 19.5 Å². The number of hydrogen-bond acceptors (Lipinski definition) is 4. The minimum atomic E-state index is 0.318. The number of nitrogens with two attached hydrogens (primary N) is 1. The number of thiazole rings is 1. The van der Waals surface area contributed by atoms with Gasteiger partial charge in [0.2, 0.25) is 0 Å². The topological polar surface area (TPSA) is 42.2 Å². The van der Waals surface area contributed by atoms with Crippen molar-refractivity contribution in [3.05, 3.63) is 16.1 Å². The summed E-state index contributed by atoms with van der Waals surface area (Å²) in [6.07, 6.45) is 4.86. The fourth-order valence-electron chi connectivity index (χ4n) is 2.64. The molecule has 3 nitrogen and oxygen atoms in total. The summed E-state index contributed by atoms with van der Waals surface area (Å²) in [6, 6.07) is 0.318. The van der Waals surface area contributed by atoms with Gasteiger partial charge in [0.05, 0.1) is 10.7 Å². The summed E-state index contributed by atoms with van der Waals surface area (Å²) < 4.78 is 0. The Balaban J connectivity index is 1.87. The molecule has 0 aliphatic carbocycles. The van der Waals surface area contributed by atoms with Crippen LogP contribution >= 0.6 is 11.3 Å². The summed E-state index contributed by atoms with van der Waals surface area (Å²) in [4.78, 5) is 7.23. The summed E-state index contributed by atoms with van der Waals surface area (Å²) in [5.74, 6) is 0.660. The van der Waals surface area contributed by atoms with Gasteiger partial charge in [-0.2, -0.15) is 0 Å². The van der Waals surface area contributed by atoms with Crippen molar-refractivity contribution in [2.75, 3.05) is 13.1 Å². The van der Waals surface area contributed by atoms with Gasteiger partial charge in [0.25, 0.3) is 0 Å². The molecule has 2 atom stereocenters. The molecule has 2 heterocycles. The Bertz CT molecular complexity index is 362. The second-order valence-electron chi connectivity index (χ2n) is 5.48. The van der Waals surface area contributed by atoms with Crippen molar-refractivity contribution in [2.45, 2.75) is 52.1 Å². The van der Waals surface area contributed by atoms with E-state index in [9.17, 15) is 0 Å². The molecule has 0 radical (unpaired) electrons. The van der Waals surface area contributed by atoms with E-state index in [2.05, 4.69) is 24.1 Å². The SMILES string of the molecule is CCCc1nc(CN2CCCC(C(C)N)C2)cs1. The van der Waals surface area contributed by atoms with Gasteiger partial charge in [0.1, 0.15) is 0 Å². The molecule has 1 saturated heterocycles. The Morgan fingerprint density at radius 1 is 1.61 bits per heavy atom. The lowest BCUT2D eigenvalue weighted by Gasteiger charge is -2.34. The van der Waals surface area contributed by atoms with Crippen LogP contribution < -0.4 is 5.73 Å². The molecule has 1 aliphatic rings. The van der Waals surface area contributed by atoms with E-state index in [4.69, 9.17) is 10.7 Å². The molecule has 0 saturated carbocycles. The fraction of sp³-hybridized carbons (Fsp3) is 0.786. The van der Waals surface area contributed by atoms with Gasteiger partial charge in [0, 0.05) is 24.5 Å². The van der Waals surface area contributed by atoms with Crippen molar-refractivity contribution in [2.24, 2.45) is 11.7 Å². The zero-order valence-corrected chi connectivity index (χ0v) is 12.4. The molecule has 1 fully saturated rings. The minimum Gasteiger partial charge on any atom is -0.328 e. The predicted molar refractivity (Wildman–Crippen MR) is 77.8 cm³/mol. The van der Waals surface area contributed by atoms with Crippen LogP contribution in [0.5, 0.6) is 0 Å². The van der Waals surface area contributed by atoms with E-state index >= 15 is 0 Å². The molecule has 4 heteroatoms. The van der Waals surface area contributed by atoms with Crippen LogP contribution in [0.3, 0.4) is 0 Å². The molecular weight excluding hydrogens is 242 g/mol. The van der Waals surface area contributed by atoms with Gasteiger partial charge in [-0.15, -0.1) is 11.3 Å². The average molecular weight is 267 g/mol. The van der Waals surface area contributed by atoms with Gasteiger partial charge in [-0.05, 0) is 45.1 Å². The summed E-state index contributed by atoms with van der Waals surface area (Å²) >= 11 is 1.81. The summed E-state index contributed by atoms with van der Waals surface area (Å²) in [7, 11) is 0. The molecule has 2 unspecified atom stereocenters. The van der Waals surface area contributed by atoms with Crippen LogP contribution in [0.4, 0.5) is 0 Å². The Hall–Kier alpha value is -0.450. The first kappa shape index (κ1) is 14.0. The molecule has 0 amide bonds. The third-order valence-corrected chi connectivity index (χ3v) is 4.69. The summed E-state index contributed by atoms with van der Waals surface area (Å²) in [5.41, 5.74) is 7.27. The van der Waals surface area contributed by atoms with Gasteiger partial charge in [-0.1, -0.05) is 6.92 Å². The lowest BCUT2D eigenvalue weighted by Crippen LogP contribution is -2.41. The molecule has 0 spiro atoms. The second-order valence-corrected chi connectivity index (χ2v) is 6.42. The highest BCUT2D eigenvalue weighted by atomic mass is 32.1. The molecule has 2 N–H and O–H groups in total. The van der Waals surface area contributed by atoms with Crippen molar-refractivity contribution in [1.29, 1.82) is 0 Å². The number of aryl methyl sites for hydroxylation is 1. The maximum Gasteiger partial charge on any atom is 0.0928 e.